The minimum Gasteiger partial charge on any atom is -0.202 e. The molecule has 0 amide bonds. The Hall–Kier alpha value is -1.18. The average Bonchev–Trinajstić information content (AvgIpc) is 2.40. The summed E-state index contributed by atoms with van der Waals surface area (Å²) in [5.74, 6) is -3.22. The Morgan fingerprint density at radius 3 is 2.47 bits per heavy atom. The molecule has 0 aromatic heterocycles. The highest BCUT2D eigenvalue weighted by Gasteiger charge is 2.36. The fourth-order valence-corrected chi connectivity index (χ4v) is 2.66. The number of hydrogen-bond donors (Lipinski definition) is 0. The molecule has 1 aliphatic rings. The van der Waals surface area contributed by atoms with Crippen LogP contribution in [0.1, 0.15) is 43.7 Å². The van der Waals surface area contributed by atoms with Crippen molar-refractivity contribution in [3.8, 4) is 0 Å². The number of halogens is 2. The smallest absolute Gasteiger partial charge is 0.202 e. The molecule has 1 aliphatic carbocycles. The average molecular weight is 264 g/mol. The molecule has 1 aromatic rings. The molecule has 1 aromatic carbocycles. The predicted octanol–water partition coefficient (Wildman–Crippen LogP) is 5.17. The van der Waals surface area contributed by atoms with Gasteiger partial charge in [-0.25, -0.2) is 8.78 Å². The third kappa shape index (κ3) is 3.89. The summed E-state index contributed by atoms with van der Waals surface area (Å²) in [6.45, 7) is 2.10. The van der Waals surface area contributed by atoms with Crippen molar-refractivity contribution >= 4 is 0 Å². The van der Waals surface area contributed by atoms with E-state index in [0.717, 1.165) is 37.3 Å². The Bertz CT molecular complexity index is 417. The molecule has 0 radical (unpaired) electrons. The molecular weight excluding hydrogens is 242 g/mol. The maximum Gasteiger partial charge on any atom is 0.269 e. The van der Waals surface area contributed by atoms with Gasteiger partial charge < -0.3 is 0 Å². The van der Waals surface area contributed by atoms with Crippen LogP contribution in [0.2, 0.25) is 0 Å². The van der Waals surface area contributed by atoms with E-state index in [9.17, 15) is 8.78 Å². The highest BCUT2D eigenvalue weighted by molar-refractivity contribution is 5.23. The van der Waals surface area contributed by atoms with E-state index in [1.165, 1.54) is 5.56 Å². The fourth-order valence-electron chi connectivity index (χ4n) is 2.66. The minimum atomic E-state index is -2.66. The summed E-state index contributed by atoms with van der Waals surface area (Å²) in [7, 11) is 0. The monoisotopic (exact) mass is 264 g/mol. The van der Waals surface area contributed by atoms with Crippen LogP contribution in [0.5, 0.6) is 0 Å². The van der Waals surface area contributed by atoms with Crippen LogP contribution in [0.4, 0.5) is 8.78 Å². The number of aryl methyl sites for hydroxylation is 1. The first-order valence-corrected chi connectivity index (χ1v) is 7.25. The van der Waals surface area contributed by atoms with Crippen molar-refractivity contribution in [3.63, 3.8) is 0 Å². The summed E-state index contributed by atoms with van der Waals surface area (Å²) in [6.07, 6.45) is 7.56. The van der Waals surface area contributed by atoms with Gasteiger partial charge in [0.15, 0.2) is 0 Å². The summed E-state index contributed by atoms with van der Waals surface area (Å²) < 4.78 is 28.1. The third-order valence-corrected chi connectivity index (χ3v) is 3.97. The van der Waals surface area contributed by atoms with Gasteiger partial charge in [-0.15, -0.1) is 0 Å². The second kappa shape index (κ2) is 6.31. The fraction of sp³-hybridized carbons (Fsp3) is 0.529. The molecule has 1 unspecified atom stereocenters. The summed E-state index contributed by atoms with van der Waals surface area (Å²) in [4.78, 5) is 0. The van der Waals surface area contributed by atoms with Crippen molar-refractivity contribution in [3.05, 3.63) is 47.5 Å². The lowest BCUT2D eigenvalue weighted by Gasteiger charge is -2.26. The van der Waals surface area contributed by atoms with Crippen molar-refractivity contribution in [1.82, 2.24) is 0 Å². The van der Waals surface area contributed by atoms with Crippen molar-refractivity contribution in [1.29, 1.82) is 0 Å². The normalized spacial score (nSPS) is 24.5. The zero-order valence-corrected chi connectivity index (χ0v) is 11.5. The number of rotatable bonds is 3. The van der Waals surface area contributed by atoms with E-state index >= 15 is 0 Å². The molecule has 0 N–H and O–H groups in total. The van der Waals surface area contributed by atoms with E-state index in [4.69, 9.17) is 0 Å². The number of allylic oxidation sites excluding steroid dienone is 2. The molecule has 0 fully saturated rings. The van der Waals surface area contributed by atoms with E-state index in [1.54, 1.807) is 6.08 Å². The van der Waals surface area contributed by atoms with Gasteiger partial charge in [0, 0.05) is 5.92 Å². The maximum atomic E-state index is 14.1. The number of hydrogen-bond acceptors (Lipinski definition) is 0. The van der Waals surface area contributed by atoms with Crippen molar-refractivity contribution in [2.24, 2.45) is 5.92 Å². The van der Waals surface area contributed by atoms with Crippen molar-refractivity contribution < 1.29 is 8.78 Å². The van der Waals surface area contributed by atoms with Gasteiger partial charge in [-0.05, 0) is 49.3 Å². The molecule has 19 heavy (non-hydrogen) atoms. The molecule has 0 aliphatic heterocycles. The molecule has 0 nitrogen and oxygen atoms in total. The summed E-state index contributed by atoms with van der Waals surface area (Å²) >= 11 is 0. The molecule has 0 heterocycles. The quantitative estimate of drug-likeness (QED) is 0.660. The van der Waals surface area contributed by atoms with Gasteiger partial charge >= 0.3 is 0 Å². The van der Waals surface area contributed by atoms with Gasteiger partial charge in [0.25, 0.3) is 5.92 Å². The summed E-state index contributed by atoms with van der Waals surface area (Å²) in [6, 6.07) is 8.09. The first-order valence-electron chi connectivity index (χ1n) is 7.25. The largest absolute Gasteiger partial charge is 0.269 e. The first-order chi connectivity index (χ1) is 9.12. The number of benzene rings is 1. The first kappa shape index (κ1) is 14.2. The standard InChI is InChI=1S/C17H22F2/c1-2-14-8-10-15(11-9-14)13-16-7-5-3-4-6-12-17(16,18)19/h6,8-12,16H,2-5,7,13H2,1H3/b12-6-. The predicted molar refractivity (Wildman–Crippen MR) is 75.6 cm³/mol. The van der Waals surface area contributed by atoms with Gasteiger partial charge in [0.2, 0.25) is 0 Å². The summed E-state index contributed by atoms with van der Waals surface area (Å²) in [5.41, 5.74) is 2.28. The maximum absolute atomic E-state index is 14.1. The lowest BCUT2D eigenvalue weighted by Crippen LogP contribution is -2.28. The highest BCUT2D eigenvalue weighted by Crippen LogP contribution is 2.35. The van der Waals surface area contributed by atoms with Crippen LogP contribution in [-0.2, 0) is 12.8 Å². The Balaban J connectivity index is 2.09. The van der Waals surface area contributed by atoms with Gasteiger partial charge in [-0.3, -0.25) is 0 Å². The lowest BCUT2D eigenvalue weighted by molar-refractivity contribution is -0.0151. The van der Waals surface area contributed by atoms with Crippen molar-refractivity contribution in [2.45, 2.75) is 51.4 Å². The zero-order chi connectivity index (χ0) is 13.7. The van der Waals surface area contributed by atoms with Crippen molar-refractivity contribution in [2.75, 3.05) is 0 Å². The minimum absolute atomic E-state index is 0.474. The molecular formula is C17H22F2. The van der Waals surface area contributed by atoms with E-state index in [1.807, 2.05) is 24.3 Å². The molecule has 2 rings (SSSR count). The van der Waals surface area contributed by atoms with Crippen LogP contribution in [-0.4, -0.2) is 5.92 Å². The number of alkyl halides is 2. The van der Waals surface area contributed by atoms with E-state index in [2.05, 4.69) is 6.92 Å². The molecule has 2 heteroatoms. The SMILES string of the molecule is CCc1ccc(CC2CCCC/C=C\C2(F)F)cc1. The third-order valence-electron chi connectivity index (χ3n) is 3.97. The van der Waals surface area contributed by atoms with E-state index in [-0.39, 0.29) is 0 Å². The zero-order valence-electron chi connectivity index (χ0n) is 11.5. The van der Waals surface area contributed by atoms with Crippen LogP contribution in [0, 0.1) is 5.92 Å². The molecule has 0 saturated carbocycles. The molecule has 0 spiro atoms. The Morgan fingerprint density at radius 2 is 1.79 bits per heavy atom. The topological polar surface area (TPSA) is 0 Å². The molecule has 0 saturated heterocycles. The second-order valence-corrected chi connectivity index (χ2v) is 5.43. The molecule has 1 atom stereocenters. The lowest BCUT2D eigenvalue weighted by atomic mass is 9.86. The van der Waals surface area contributed by atoms with Crippen LogP contribution in [0.3, 0.4) is 0 Å². The van der Waals surface area contributed by atoms with Gasteiger partial charge in [0.1, 0.15) is 0 Å². The van der Waals surface area contributed by atoms with Gasteiger partial charge in [-0.1, -0.05) is 43.7 Å². The second-order valence-electron chi connectivity index (χ2n) is 5.43. The van der Waals surface area contributed by atoms with Crippen LogP contribution >= 0.6 is 0 Å². The molecule has 0 bridgehead atoms. The Labute approximate surface area is 114 Å². The van der Waals surface area contributed by atoms with E-state index in [0.29, 0.717) is 12.8 Å². The summed E-state index contributed by atoms with van der Waals surface area (Å²) in [5, 5.41) is 0. The Kier molecular flexibility index (Phi) is 4.73. The molecule has 104 valence electrons. The van der Waals surface area contributed by atoms with Gasteiger partial charge in [0.05, 0.1) is 0 Å². The van der Waals surface area contributed by atoms with Crippen LogP contribution in [0.25, 0.3) is 0 Å². The Morgan fingerprint density at radius 1 is 1.11 bits per heavy atom. The van der Waals surface area contributed by atoms with Crippen LogP contribution < -0.4 is 0 Å². The highest BCUT2D eigenvalue weighted by atomic mass is 19.3. The van der Waals surface area contributed by atoms with Crippen LogP contribution in [0.15, 0.2) is 36.4 Å². The van der Waals surface area contributed by atoms with Gasteiger partial charge in [-0.2, -0.15) is 0 Å². The van der Waals surface area contributed by atoms with E-state index < -0.39 is 11.8 Å².